The number of carboxylic acids is 1. The Morgan fingerprint density at radius 2 is 1.56 bits per heavy atom. The van der Waals surface area contributed by atoms with Crippen molar-refractivity contribution >= 4 is 18.0 Å². The maximum absolute atomic E-state index is 12.6. The number of rotatable bonds is 11. The lowest BCUT2D eigenvalue weighted by atomic mass is 9.98. The summed E-state index contributed by atoms with van der Waals surface area (Å²) in [6.07, 6.45) is 1.11. The normalized spacial score (nSPS) is 14.1. The van der Waals surface area contributed by atoms with E-state index in [9.17, 15) is 19.5 Å². The third-order valence-corrected chi connectivity index (χ3v) is 6.08. The highest BCUT2D eigenvalue weighted by Crippen LogP contribution is 2.44. The molecule has 0 radical (unpaired) electrons. The van der Waals surface area contributed by atoms with Gasteiger partial charge in [-0.1, -0.05) is 75.7 Å². The number of aliphatic carboxylic acids is 1. The molecule has 0 aliphatic heterocycles. The summed E-state index contributed by atoms with van der Waals surface area (Å²) in [5.74, 6) is -1.37. The van der Waals surface area contributed by atoms with Crippen LogP contribution >= 0.6 is 0 Å². The minimum atomic E-state index is -1.06. The van der Waals surface area contributed by atoms with Gasteiger partial charge in [-0.25, -0.2) is 9.59 Å². The first-order chi connectivity index (χ1) is 16.3. The molecule has 3 rings (SSSR count). The van der Waals surface area contributed by atoms with Crippen LogP contribution in [0.4, 0.5) is 4.79 Å². The number of amides is 2. The molecule has 0 aromatic heterocycles. The van der Waals surface area contributed by atoms with Crippen molar-refractivity contribution in [2.75, 3.05) is 6.61 Å². The average molecular weight is 467 g/mol. The molecule has 0 saturated carbocycles. The van der Waals surface area contributed by atoms with Gasteiger partial charge >= 0.3 is 12.1 Å². The first-order valence-corrected chi connectivity index (χ1v) is 11.9. The van der Waals surface area contributed by atoms with Gasteiger partial charge in [0.25, 0.3) is 0 Å². The SMILES string of the molecule is CCC[C@@H](CC(=O)N[C@@H](CC(C)C)C(=O)O)NC(=O)OCC1c2ccccc2-c2ccccc21. The highest BCUT2D eigenvalue weighted by Gasteiger charge is 2.29. The predicted molar refractivity (Wildman–Crippen MR) is 131 cm³/mol. The summed E-state index contributed by atoms with van der Waals surface area (Å²) in [5.41, 5.74) is 4.57. The number of carbonyl (C=O) groups is 3. The second-order valence-electron chi connectivity index (χ2n) is 9.25. The smallest absolute Gasteiger partial charge is 0.407 e. The highest BCUT2D eigenvalue weighted by atomic mass is 16.5. The monoisotopic (exact) mass is 466 g/mol. The molecule has 34 heavy (non-hydrogen) atoms. The molecule has 2 aromatic carbocycles. The Bertz CT molecular complexity index is 974. The molecule has 2 amide bonds. The number of nitrogens with one attached hydrogen (secondary N) is 2. The molecular formula is C27H34N2O5. The van der Waals surface area contributed by atoms with Crippen molar-refractivity contribution in [2.45, 2.75) is 64.5 Å². The van der Waals surface area contributed by atoms with Gasteiger partial charge in [0, 0.05) is 18.4 Å². The topological polar surface area (TPSA) is 105 Å². The third-order valence-electron chi connectivity index (χ3n) is 6.08. The predicted octanol–water partition coefficient (Wildman–Crippen LogP) is 4.70. The molecule has 0 heterocycles. The van der Waals surface area contributed by atoms with E-state index in [0.29, 0.717) is 12.8 Å². The van der Waals surface area contributed by atoms with Crippen molar-refractivity contribution in [1.29, 1.82) is 0 Å². The van der Waals surface area contributed by atoms with Gasteiger partial charge in [0.2, 0.25) is 5.91 Å². The van der Waals surface area contributed by atoms with Gasteiger partial charge in [-0.3, -0.25) is 4.79 Å². The van der Waals surface area contributed by atoms with E-state index in [1.165, 1.54) is 0 Å². The molecule has 2 aromatic rings. The fourth-order valence-corrected chi connectivity index (χ4v) is 4.55. The molecule has 3 N–H and O–H groups in total. The number of alkyl carbamates (subject to hydrolysis) is 1. The van der Waals surface area contributed by atoms with Gasteiger partial charge < -0.3 is 20.5 Å². The number of ether oxygens (including phenoxy) is 1. The lowest BCUT2D eigenvalue weighted by Crippen LogP contribution is -2.45. The summed E-state index contributed by atoms with van der Waals surface area (Å²) in [6, 6.07) is 14.9. The summed E-state index contributed by atoms with van der Waals surface area (Å²) in [7, 11) is 0. The molecule has 0 bridgehead atoms. The first-order valence-electron chi connectivity index (χ1n) is 11.9. The number of fused-ring (bicyclic) bond motifs is 3. The van der Waals surface area contributed by atoms with Crippen LogP contribution in [0.2, 0.25) is 0 Å². The molecule has 0 spiro atoms. The van der Waals surface area contributed by atoms with Crippen LogP contribution < -0.4 is 10.6 Å². The van der Waals surface area contributed by atoms with E-state index in [4.69, 9.17) is 4.74 Å². The largest absolute Gasteiger partial charge is 0.480 e. The number of benzene rings is 2. The van der Waals surface area contributed by atoms with Crippen LogP contribution in [0.5, 0.6) is 0 Å². The Morgan fingerprint density at radius 3 is 2.09 bits per heavy atom. The van der Waals surface area contributed by atoms with Crippen molar-refractivity contribution in [2.24, 2.45) is 5.92 Å². The summed E-state index contributed by atoms with van der Waals surface area (Å²) < 4.78 is 5.59. The summed E-state index contributed by atoms with van der Waals surface area (Å²) in [4.78, 5) is 36.5. The zero-order valence-electron chi connectivity index (χ0n) is 20.0. The summed E-state index contributed by atoms with van der Waals surface area (Å²) in [6.45, 7) is 5.96. The zero-order valence-corrected chi connectivity index (χ0v) is 20.0. The Balaban J connectivity index is 1.58. The Morgan fingerprint density at radius 1 is 0.971 bits per heavy atom. The van der Waals surface area contributed by atoms with Crippen LogP contribution in [0.25, 0.3) is 11.1 Å². The first kappa shape index (κ1) is 25.3. The second-order valence-corrected chi connectivity index (χ2v) is 9.25. The number of hydrogen-bond acceptors (Lipinski definition) is 4. The fourth-order valence-electron chi connectivity index (χ4n) is 4.55. The number of carboxylic acid groups (broad SMARTS) is 1. The molecule has 0 fully saturated rings. The van der Waals surface area contributed by atoms with Crippen LogP contribution in [0.15, 0.2) is 48.5 Å². The number of carbonyl (C=O) groups excluding carboxylic acids is 2. The van der Waals surface area contributed by atoms with Crippen molar-refractivity contribution in [3.8, 4) is 11.1 Å². The molecule has 0 unspecified atom stereocenters. The minimum Gasteiger partial charge on any atom is -0.480 e. The van der Waals surface area contributed by atoms with Gasteiger partial charge in [0.15, 0.2) is 0 Å². The molecule has 2 atom stereocenters. The van der Waals surface area contributed by atoms with Gasteiger partial charge in [-0.2, -0.15) is 0 Å². The maximum atomic E-state index is 12.6. The Kier molecular flexibility index (Phi) is 8.68. The lowest BCUT2D eigenvalue weighted by Gasteiger charge is -2.21. The Hall–Kier alpha value is -3.35. The summed E-state index contributed by atoms with van der Waals surface area (Å²) >= 11 is 0. The van der Waals surface area contributed by atoms with Gasteiger partial charge in [0.05, 0.1) is 0 Å². The standard InChI is InChI=1S/C27H34N2O5/c1-4-9-18(15-25(30)29-24(26(31)32)14-17(2)3)28-27(33)34-16-23-21-12-7-5-10-19(21)20-11-6-8-13-22(20)23/h5-8,10-13,17-18,23-24H,4,9,14-16H2,1-3H3,(H,28,33)(H,29,30)(H,31,32)/t18-,24-/m0/s1. The molecule has 1 aliphatic rings. The van der Waals surface area contributed by atoms with Crippen LogP contribution in [0, 0.1) is 5.92 Å². The Labute approximate surface area is 200 Å². The molecule has 1 aliphatic carbocycles. The quantitative estimate of drug-likeness (QED) is 0.445. The van der Waals surface area contributed by atoms with Crippen LogP contribution in [0.1, 0.15) is 63.5 Å². The van der Waals surface area contributed by atoms with E-state index in [-0.39, 0.29) is 24.9 Å². The fraction of sp³-hybridized carbons (Fsp3) is 0.444. The molecule has 7 heteroatoms. The molecule has 182 valence electrons. The van der Waals surface area contributed by atoms with Crippen molar-refractivity contribution < 1.29 is 24.2 Å². The van der Waals surface area contributed by atoms with Crippen molar-refractivity contribution in [3.63, 3.8) is 0 Å². The lowest BCUT2D eigenvalue weighted by molar-refractivity contribution is -0.142. The average Bonchev–Trinajstić information content (AvgIpc) is 3.11. The number of hydrogen-bond donors (Lipinski definition) is 3. The van der Waals surface area contributed by atoms with Crippen LogP contribution in [-0.2, 0) is 14.3 Å². The second kappa shape index (κ2) is 11.7. The third kappa shape index (κ3) is 6.37. The van der Waals surface area contributed by atoms with E-state index in [1.54, 1.807) is 0 Å². The van der Waals surface area contributed by atoms with Crippen LogP contribution in [0.3, 0.4) is 0 Å². The molecular weight excluding hydrogens is 432 g/mol. The summed E-state index contributed by atoms with van der Waals surface area (Å²) in [5, 5.41) is 14.7. The van der Waals surface area contributed by atoms with Gasteiger partial charge in [0.1, 0.15) is 12.6 Å². The van der Waals surface area contributed by atoms with Gasteiger partial charge in [-0.15, -0.1) is 0 Å². The molecule has 0 saturated heterocycles. The van der Waals surface area contributed by atoms with Crippen molar-refractivity contribution in [1.82, 2.24) is 10.6 Å². The van der Waals surface area contributed by atoms with E-state index in [1.807, 2.05) is 45.0 Å². The van der Waals surface area contributed by atoms with E-state index < -0.39 is 30.1 Å². The van der Waals surface area contributed by atoms with E-state index >= 15 is 0 Å². The zero-order chi connectivity index (χ0) is 24.7. The van der Waals surface area contributed by atoms with E-state index in [2.05, 4.69) is 34.9 Å². The van der Waals surface area contributed by atoms with E-state index in [0.717, 1.165) is 28.7 Å². The highest BCUT2D eigenvalue weighted by molar-refractivity contribution is 5.84. The van der Waals surface area contributed by atoms with Crippen molar-refractivity contribution in [3.05, 3.63) is 59.7 Å². The molecule has 7 nitrogen and oxygen atoms in total. The van der Waals surface area contributed by atoms with Crippen LogP contribution in [-0.4, -0.2) is 41.8 Å². The minimum absolute atomic E-state index is 0.0000887. The van der Waals surface area contributed by atoms with Gasteiger partial charge in [-0.05, 0) is 41.0 Å². The maximum Gasteiger partial charge on any atom is 0.407 e.